The van der Waals surface area contributed by atoms with Gasteiger partial charge in [0.25, 0.3) is 0 Å². The summed E-state index contributed by atoms with van der Waals surface area (Å²) in [4.78, 5) is 0. The highest BCUT2D eigenvalue weighted by Gasteiger charge is 2.30. The quantitative estimate of drug-likeness (QED) is 0.906. The Morgan fingerprint density at radius 3 is 2.88 bits per heavy atom. The Bertz CT molecular complexity index is 418. The molecule has 0 spiro atoms. The van der Waals surface area contributed by atoms with Crippen LogP contribution < -0.4 is 5.32 Å². The van der Waals surface area contributed by atoms with Gasteiger partial charge in [0.1, 0.15) is 6.07 Å². The van der Waals surface area contributed by atoms with E-state index in [-0.39, 0.29) is 0 Å². The highest BCUT2D eigenvalue weighted by atomic mass is 79.9. The molecule has 1 aromatic rings. The summed E-state index contributed by atoms with van der Waals surface area (Å²) in [5, 5.41) is 12.6. The Hall–Kier alpha value is -1.01. The summed E-state index contributed by atoms with van der Waals surface area (Å²) in [6, 6.07) is 8.57. The first kappa shape index (κ1) is 11.5. The van der Waals surface area contributed by atoms with Crippen LogP contribution in [0.3, 0.4) is 0 Å². The van der Waals surface area contributed by atoms with Crippen molar-refractivity contribution in [2.45, 2.75) is 32.2 Å². The van der Waals surface area contributed by atoms with Gasteiger partial charge in [-0.2, -0.15) is 5.26 Å². The van der Waals surface area contributed by atoms with Crippen molar-refractivity contribution in [1.29, 1.82) is 5.26 Å². The number of nitrogens with zero attached hydrogens (tertiary/aromatic N) is 1. The van der Waals surface area contributed by atoms with Crippen molar-refractivity contribution in [2.24, 2.45) is 5.92 Å². The number of anilines is 1. The molecule has 3 heteroatoms. The van der Waals surface area contributed by atoms with E-state index in [4.69, 9.17) is 5.26 Å². The maximum Gasteiger partial charge on any atom is 0.101 e. The molecule has 1 aliphatic carbocycles. The number of hydrogen-bond donors (Lipinski definition) is 1. The number of halogens is 1. The Morgan fingerprint density at radius 2 is 2.31 bits per heavy atom. The molecule has 1 saturated carbocycles. The first-order valence-corrected chi connectivity index (χ1v) is 6.50. The standard InChI is InChI=1S/C13H15BrN2/c1-2-12(9-3-4-9)16-13-6-5-11(14)7-10(13)8-15/h5-7,9,12,16H,2-4H2,1H3. The van der Waals surface area contributed by atoms with Crippen molar-refractivity contribution in [3.63, 3.8) is 0 Å². The van der Waals surface area contributed by atoms with E-state index in [0.29, 0.717) is 11.6 Å². The minimum atomic E-state index is 0.522. The number of hydrogen-bond acceptors (Lipinski definition) is 2. The first-order chi connectivity index (χ1) is 7.74. The van der Waals surface area contributed by atoms with Crippen LogP contribution >= 0.6 is 15.9 Å². The second kappa shape index (κ2) is 4.88. The van der Waals surface area contributed by atoms with Gasteiger partial charge in [-0.15, -0.1) is 0 Å². The molecule has 84 valence electrons. The average molecular weight is 279 g/mol. The molecule has 0 radical (unpaired) electrons. The third-order valence-electron chi connectivity index (χ3n) is 3.07. The molecule has 2 nitrogen and oxygen atoms in total. The summed E-state index contributed by atoms with van der Waals surface area (Å²) in [5.74, 6) is 0.806. The van der Waals surface area contributed by atoms with Crippen LogP contribution in [0.4, 0.5) is 5.69 Å². The number of nitriles is 1. The molecule has 16 heavy (non-hydrogen) atoms. The van der Waals surface area contributed by atoms with E-state index >= 15 is 0 Å². The lowest BCUT2D eigenvalue weighted by atomic mass is 10.1. The molecule has 2 rings (SSSR count). The van der Waals surface area contributed by atoms with Gasteiger partial charge in [-0.05, 0) is 43.4 Å². The second-order valence-electron chi connectivity index (χ2n) is 4.30. The van der Waals surface area contributed by atoms with Crippen LogP contribution in [-0.4, -0.2) is 6.04 Å². The summed E-state index contributed by atoms with van der Waals surface area (Å²) >= 11 is 3.38. The molecule has 1 N–H and O–H groups in total. The normalized spacial score (nSPS) is 16.6. The zero-order valence-electron chi connectivity index (χ0n) is 9.33. The summed E-state index contributed by atoms with van der Waals surface area (Å²) in [5.41, 5.74) is 1.68. The van der Waals surface area contributed by atoms with E-state index in [9.17, 15) is 0 Å². The van der Waals surface area contributed by atoms with Gasteiger partial charge >= 0.3 is 0 Å². The molecule has 1 fully saturated rings. The fourth-order valence-corrected chi connectivity index (χ4v) is 2.35. The van der Waals surface area contributed by atoms with Crippen molar-refractivity contribution in [3.8, 4) is 6.07 Å². The van der Waals surface area contributed by atoms with Crippen LogP contribution in [0.1, 0.15) is 31.7 Å². The Kier molecular flexibility index (Phi) is 3.50. The van der Waals surface area contributed by atoms with Gasteiger partial charge in [0.05, 0.1) is 11.3 Å². The third kappa shape index (κ3) is 2.56. The topological polar surface area (TPSA) is 35.8 Å². The van der Waals surface area contributed by atoms with Crippen LogP contribution in [0.15, 0.2) is 22.7 Å². The van der Waals surface area contributed by atoms with Crippen LogP contribution in [0.5, 0.6) is 0 Å². The van der Waals surface area contributed by atoms with E-state index < -0.39 is 0 Å². The Morgan fingerprint density at radius 1 is 1.56 bits per heavy atom. The van der Waals surface area contributed by atoms with Crippen LogP contribution in [-0.2, 0) is 0 Å². The first-order valence-electron chi connectivity index (χ1n) is 5.70. The van der Waals surface area contributed by atoms with Crippen LogP contribution in [0.2, 0.25) is 0 Å². The van der Waals surface area contributed by atoms with E-state index in [0.717, 1.165) is 22.5 Å². The fraction of sp³-hybridized carbons (Fsp3) is 0.462. The minimum Gasteiger partial charge on any atom is -0.381 e. The smallest absolute Gasteiger partial charge is 0.101 e. The maximum atomic E-state index is 9.07. The van der Waals surface area contributed by atoms with Gasteiger partial charge in [0.2, 0.25) is 0 Å². The molecule has 0 bridgehead atoms. The summed E-state index contributed by atoms with van der Waals surface area (Å²) in [7, 11) is 0. The van der Waals surface area contributed by atoms with Crippen molar-refractivity contribution in [3.05, 3.63) is 28.2 Å². The monoisotopic (exact) mass is 278 g/mol. The van der Waals surface area contributed by atoms with E-state index in [1.807, 2.05) is 18.2 Å². The summed E-state index contributed by atoms with van der Waals surface area (Å²) in [6.45, 7) is 2.20. The molecule has 1 unspecified atom stereocenters. The minimum absolute atomic E-state index is 0.522. The summed E-state index contributed by atoms with van der Waals surface area (Å²) < 4.78 is 0.953. The van der Waals surface area contributed by atoms with Gasteiger partial charge < -0.3 is 5.32 Å². The molecule has 1 aromatic carbocycles. The molecular formula is C13H15BrN2. The predicted octanol–water partition coefficient (Wildman–Crippen LogP) is 3.92. The number of benzene rings is 1. The molecule has 1 aliphatic rings. The maximum absolute atomic E-state index is 9.07. The van der Waals surface area contributed by atoms with E-state index in [2.05, 4.69) is 34.2 Å². The van der Waals surface area contributed by atoms with Crippen LogP contribution in [0, 0.1) is 17.2 Å². The largest absolute Gasteiger partial charge is 0.381 e. The Labute approximate surface area is 105 Å². The lowest BCUT2D eigenvalue weighted by molar-refractivity contribution is 0.616. The SMILES string of the molecule is CCC(Nc1ccc(Br)cc1C#N)C1CC1. The summed E-state index contributed by atoms with van der Waals surface area (Å²) in [6.07, 6.45) is 3.76. The van der Waals surface area contributed by atoms with E-state index in [1.54, 1.807) is 0 Å². The highest BCUT2D eigenvalue weighted by molar-refractivity contribution is 9.10. The lowest BCUT2D eigenvalue weighted by Gasteiger charge is -2.18. The lowest BCUT2D eigenvalue weighted by Crippen LogP contribution is -2.21. The predicted molar refractivity (Wildman–Crippen MR) is 69.3 cm³/mol. The van der Waals surface area contributed by atoms with Gasteiger partial charge in [0.15, 0.2) is 0 Å². The van der Waals surface area contributed by atoms with Crippen molar-refractivity contribution < 1.29 is 0 Å². The highest BCUT2D eigenvalue weighted by Crippen LogP contribution is 2.36. The molecular weight excluding hydrogens is 264 g/mol. The van der Waals surface area contributed by atoms with Gasteiger partial charge in [-0.1, -0.05) is 22.9 Å². The van der Waals surface area contributed by atoms with Crippen LogP contribution in [0.25, 0.3) is 0 Å². The van der Waals surface area contributed by atoms with Crippen molar-refractivity contribution in [1.82, 2.24) is 0 Å². The second-order valence-corrected chi connectivity index (χ2v) is 5.21. The zero-order chi connectivity index (χ0) is 11.5. The van der Waals surface area contributed by atoms with Gasteiger partial charge in [-0.25, -0.2) is 0 Å². The number of rotatable bonds is 4. The van der Waals surface area contributed by atoms with Crippen molar-refractivity contribution in [2.75, 3.05) is 5.32 Å². The number of nitrogens with one attached hydrogen (secondary N) is 1. The molecule has 0 aliphatic heterocycles. The van der Waals surface area contributed by atoms with Crippen molar-refractivity contribution >= 4 is 21.6 Å². The Balaban J connectivity index is 2.16. The van der Waals surface area contributed by atoms with Gasteiger partial charge in [0, 0.05) is 10.5 Å². The van der Waals surface area contributed by atoms with Gasteiger partial charge in [-0.3, -0.25) is 0 Å². The zero-order valence-corrected chi connectivity index (χ0v) is 10.9. The third-order valence-corrected chi connectivity index (χ3v) is 3.57. The molecule has 0 amide bonds. The molecule has 1 atom stereocenters. The van der Waals surface area contributed by atoms with E-state index in [1.165, 1.54) is 12.8 Å². The molecule has 0 saturated heterocycles. The molecule has 0 heterocycles. The molecule has 0 aromatic heterocycles. The average Bonchev–Trinajstić information content (AvgIpc) is 3.11. The fourth-order valence-electron chi connectivity index (χ4n) is 1.99.